The molecule has 0 radical (unpaired) electrons. The van der Waals surface area contributed by atoms with E-state index in [-0.39, 0.29) is 11.4 Å². The molecule has 1 fully saturated rings. The minimum Gasteiger partial charge on any atom is -0.365 e. The van der Waals surface area contributed by atoms with Gasteiger partial charge in [0, 0.05) is 42.0 Å². The summed E-state index contributed by atoms with van der Waals surface area (Å²) in [7, 11) is 0. The fourth-order valence-electron chi connectivity index (χ4n) is 3.67. The van der Waals surface area contributed by atoms with E-state index >= 15 is 0 Å². The van der Waals surface area contributed by atoms with Crippen molar-refractivity contribution >= 4 is 21.6 Å². The number of aryl methyl sites for hydroxylation is 1. The Hall–Kier alpha value is -1.43. The molecule has 2 aromatic rings. The van der Waals surface area contributed by atoms with Gasteiger partial charge in [0.15, 0.2) is 0 Å². The van der Waals surface area contributed by atoms with Crippen LogP contribution < -0.4 is 15.5 Å². The van der Waals surface area contributed by atoms with Gasteiger partial charge in [-0.25, -0.2) is 4.39 Å². The maximum atomic E-state index is 14.2. The topological polar surface area (TPSA) is 27.3 Å². The van der Waals surface area contributed by atoms with Crippen molar-refractivity contribution in [1.29, 1.82) is 0 Å². The van der Waals surface area contributed by atoms with Gasteiger partial charge in [0.2, 0.25) is 0 Å². The third-order valence-corrected chi connectivity index (χ3v) is 5.32. The molecule has 23 heavy (non-hydrogen) atoms. The normalized spacial score (nSPS) is 22.8. The van der Waals surface area contributed by atoms with Crippen LogP contribution in [0.3, 0.4) is 0 Å². The first-order chi connectivity index (χ1) is 11.1. The van der Waals surface area contributed by atoms with Gasteiger partial charge in [-0.05, 0) is 30.7 Å². The van der Waals surface area contributed by atoms with Gasteiger partial charge in [-0.3, -0.25) is 5.32 Å². The number of halogens is 2. The summed E-state index contributed by atoms with van der Waals surface area (Å²) in [6.45, 7) is 5.27. The molecule has 0 bridgehead atoms. The van der Waals surface area contributed by atoms with Crippen LogP contribution in [-0.4, -0.2) is 19.8 Å². The van der Waals surface area contributed by atoms with Crippen LogP contribution in [0.1, 0.15) is 16.7 Å². The van der Waals surface area contributed by atoms with Gasteiger partial charge in [-0.1, -0.05) is 39.7 Å². The number of nitrogens with zero attached hydrogens (tertiary/aromatic N) is 1. The third-order valence-electron chi connectivity index (χ3n) is 4.82. The molecule has 2 aliphatic rings. The van der Waals surface area contributed by atoms with Gasteiger partial charge < -0.3 is 10.2 Å². The number of fused-ring (bicyclic) bond motifs is 2. The van der Waals surface area contributed by atoms with Gasteiger partial charge >= 0.3 is 0 Å². The quantitative estimate of drug-likeness (QED) is 0.843. The first-order valence-electron chi connectivity index (χ1n) is 7.83. The predicted molar refractivity (Wildman–Crippen MR) is 94.0 cm³/mol. The lowest BCUT2D eigenvalue weighted by atomic mass is 9.92. The maximum absolute atomic E-state index is 14.2. The lowest BCUT2D eigenvalue weighted by molar-refractivity contribution is 0.438. The molecule has 1 spiro atoms. The highest BCUT2D eigenvalue weighted by Crippen LogP contribution is 2.41. The highest BCUT2D eigenvalue weighted by molar-refractivity contribution is 9.10. The molecule has 1 saturated heterocycles. The monoisotopic (exact) mass is 375 g/mol. The molecule has 0 saturated carbocycles. The van der Waals surface area contributed by atoms with Gasteiger partial charge in [0.25, 0.3) is 0 Å². The van der Waals surface area contributed by atoms with Crippen molar-refractivity contribution in [2.45, 2.75) is 19.0 Å². The van der Waals surface area contributed by atoms with Crippen molar-refractivity contribution in [2.24, 2.45) is 0 Å². The summed E-state index contributed by atoms with van der Waals surface area (Å²) in [6, 6.07) is 11.8. The second-order valence-corrected chi connectivity index (χ2v) is 7.39. The van der Waals surface area contributed by atoms with E-state index in [4.69, 9.17) is 0 Å². The van der Waals surface area contributed by atoms with Crippen LogP contribution in [-0.2, 0) is 12.1 Å². The molecule has 2 aliphatic heterocycles. The van der Waals surface area contributed by atoms with E-state index in [1.165, 1.54) is 22.9 Å². The van der Waals surface area contributed by atoms with Crippen molar-refractivity contribution < 1.29 is 4.39 Å². The maximum Gasteiger partial charge on any atom is 0.129 e. The van der Waals surface area contributed by atoms with Crippen LogP contribution in [0.2, 0.25) is 0 Å². The Bertz CT molecular complexity index is 756. The van der Waals surface area contributed by atoms with Gasteiger partial charge in [0.05, 0.1) is 5.54 Å². The Kier molecular flexibility index (Phi) is 3.67. The van der Waals surface area contributed by atoms with E-state index in [1.54, 1.807) is 0 Å². The summed E-state index contributed by atoms with van der Waals surface area (Å²) in [4.78, 5) is 2.28. The zero-order valence-electron chi connectivity index (χ0n) is 13.0. The molecular formula is C18H19BrFN3. The second-order valence-electron chi connectivity index (χ2n) is 6.47. The summed E-state index contributed by atoms with van der Waals surface area (Å²) in [5, 5.41) is 7.00. The van der Waals surface area contributed by atoms with E-state index in [1.807, 2.05) is 12.1 Å². The Morgan fingerprint density at radius 3 is 2.87 bits per heavy atom. The van der Waals surface area contributed by atoms with Gasteiger partial charge in [0.1, 0.15) is 5.82 Å². The summed E-state index contributed by atoms with van der Waals surface area (Å²) in [5.74, 6) is -0.161. The lowest BCUT2D eigenvalue weighted by Crippen LogP contribution is -2.43. The predicted octanol–water partition coefficient (Wildman–Crippen LogP) is 3.26. The lowest BCUT2D eigenvalue weighted by Gasteiger charge is -2.25. The number of anilines is 1. The Morgan fingerprint density at radius 1 is 1.26 bits per heavy atom. The van der Waals surface area contributed by atoms with Gasteiger partial charge in [-0.2, -0.15) is 0 Å². The molecule has 2 heterocycles. The standard InChI is InChI=1S/C18H19BrFN3/c1-12-2-5-17-15(6-12)18(9-21-11-22-18)10-23(17)8-13-3-4-14(19)7-16(13)20/h2-7,21-22H,8-11H2,1H3. The fourth-order valence-corrected chi connectivity index (χ4v) is 4.01. The van der Waals surface area contributed by atoms with E-state index in [0.29, 0.717) is 6.54 Å². The summed E-state index contributed by atoms with van der Waals surface area (Å²) < 4.78 is 15.0. The smallest absolute Gasteiger partial charge is 0.129 e. The number of nitrogens with one attached hydrogen (secondary N) is 2. The average molecular weight is 376 g/mol. The largest absolute Gasteiger partial charge is 0.365 e. The van der Waals surface area contributed by atoms with E-state index in [9.17, 15) is 4.39 Å². The minimum absolute atomic E-state index is 0.0623. The molecule has 1 unspecified atom stereocenters. The van der Waals surface area contributed by atoms with E-state index < -0.39 is 0 Å². The van der Waals surface area contributed by atoms with Crippen LogP contribution in [0.15, 0.2) is 40.9 Å². The third kappa shape index (κ3) is 2.57. The Balaban J connectivity index is 1.71. The van der Waals surface area contributed by atoms with Crippen molar-refractivity contribution in [1.82, 2.24) is 10.6 Å². The average Bonchev–Trinajstić information content (AvgIpc) is 3.09. The van der Waals surface area contributed by atoms with Gasteiger partial charge in [-0.15, -0.1) is 0 Å². The molecule has 4 rings (SSSR count). The molecule has 0 aliphatic carbocycles. The fraction of sp³-hybridized carbons (Fsp3) is 0.333. The molecule has 3 nitrogen and oxygen atoms in total. The molecule has 2 aromatic carbocycles. The first kappa shape index (κ1) is 15.1. The molecule has 0 aromatic heterocycles. The number of rotatable bonds is 2. The molecule has 5 heteroatoms. The van der Waals surface area contributed by atoms with Crippen LogP contribution >= 0.6 is 15.9 Å². The SMILES string of the molecule is Cc1ccc2c(c1)C1(CNCN1)CN2Cc1ccc(Br)cc1F. The number of benzene rings is 2. The Labute approximate surface area is 144 Å². The highest BCUT2D eigenvalue weighted by Gasteiger charge is 2.44. The van der Waals surface area contributed by atoms with Crippen LogP contribution in [0, 0.1) is 12.7 Å². The second kappa shape index (κ2) is 5.58. The minimum atomic E-state index is -0.161. The number of hydrogen-bond donors (Lipinski definition) is 2. The highest BCUT2D eigenvalue weighted by atomic mass is 79.9. The van der Waals surface area contributed by atoms with Crippen LogP contribution in [0.25, 0.3) is 0 Å². The summed E-state index contributed by atoms with van der Waals surface area (Å²) in [5.41, 5.74) is 4.44. The molecular weight excluding hydrogens is 357 g/mol. The Morgan fingerprint density at radius 2 is 2.13 bits per heavy atom. The summed E-state index contributed by atoms with van der Waals surface area (Å²) >= 11 is 3.32. The molecule has 2 N–H and O–H groups in total. The molecule has 1 atom stereocenters. The van der Waals surface area contributed by atoms with Crippen molar-refractivity contribution in [3.05, 3.63) is 63.4 Å². The van der Waals surface area contributed by atoms with E-state index in [0.717, 1.165) is 29.8 Å². The van der Waals surface area contributed by atoms with Crippen LogP contribution in [0.5, 0.6) is 0 Å². The first-order valence-corrected chi connectivity index (χ1v) is 8.62. The zero-order chi connectivity index (χ0) is 16.0. The van der Waals surface area contributed by atoms with Crippen molar-refractivity contribution in [2.75, 3.05) is 24.7 Å². The number of hydrogen-bond acceptors (Lipinski definition) is 3. The summed E-state index contributed by atoms with van der Waals surface area (Å²) in [6.07, 6.45) is 0. The molecule has 120 valence electrons. The zero-order valence-corrected chi connectivity index (χ0v) is 14.6. The van der Waals surface area contributed by atoms with Crippen molar-refractivity contribution in [3.63, 3.8) is 0 Å². The molecule has 0 amide bonds. The van der Waals surface area contributed by atoms with Crippen molar-refractivity contribution in [3.8, 4) is 0 Å². The van der Waals surface area contributed by atoms with E-state index in [2.05, 4.69) is 56.6 Å². The van der Waals surface area contributed by atoms with Crippen LogP contribution in [0.4, 0.5) is 10.1 Å².